The van der Waals surface area contributed by atoms with E-state index in [4.69, 9.17) is 0 Å². The Kier molecular flexibility index (Phi) is 7.94. The first kappa shape index (κ1) is 23.2. The minimum atomic E-state index is -3.57. The van der Waals surface area contributed by atoms with E-state index in [9.17, 15) is 22.0 Å². The molecule has 1 aromatic carbocycles. The predicted octanol–water partition coefficient (Wildman–Crippen LogP) is 3.66. The topological polar surface area (TPSA) is 73.0 Å². The highest BCUT2D eigenvalue weighted by Crippen LogP contribution is 2.32. The molecule has 1 aliphatic carbocycles. The molecule has 0 radical (unpaired) electrons. The van der Waals surface area contributed by atoms with Gasteiger partial charge in [-0.1, -0.05) is 43.2 Å². The lowest BCUT2D eigenvalue weighted by Gasteiger charge is -2.38. The summed E-state index contributed by atoms with van der Waals surface area (Å²) in [4.78, 5) is 14.4. The molecule has 2 amide bonds. The summed E-state index contributed by atoms with van der Waals surface area (Å²) in [5.41, 5.74) is 0.319. The number of benzene rings is 1. The van der Waals surface area contributed by atoms with E-state index < -0.39 is 22.0 Å². The highest BCUT2D eigenvalue weighted by atomic mass is 32.2. The lowest BCUT2D eigenvalue weighted by molar-refractivity contribution is 0.177. The number of amides is 2. The minimum Gasteiger partial charge on any atom is -0.322 e. The van der Waals surface area contributed by atoms with Crippen LogP contribution in [0.4, 0.5) is 19.3 Å². The molecule has 168 valence electrons. The highest BCUT2D eigenvalue weighted by molar-refractivity contribution is 7.99. The molecule has 0 spiro atoms. The molecule has 3 rings (SSSR count). The lowest BCUT2D eigenvalue weighted by atomic mass is 9.96. The second-order valence-electron chi connectivity index (χ2n) is 7.51. The normalized spacial score (nSPS) is 19.4. The van der Waals surface area contributed by atoms with E-state index in [0.717, 1.165) is 32.1 Å². The van der Waals surface area contributed by atoms with Crippen LogP contribution < -0.4 is 5.32 Å². The number of piperazine rings is 1. The summed E-state index contributed by atoms with van der Waals surface area (Å²) < 4.78 is 54.3. The maximum atomic E-state index is 13.0. The Hall–Kier alpha value is -1.43. The van der Waals surface area contributed by atoms with E-state index in [1.165, 1.54) is 19.6 Å². The van der Waals surface area contributed by atoms with Crippen LogP contribution in [0.1, 0.15) is 32.1 Å². The number of thioether (sulfide) groups is 1. The number of alkyl halides is 2. The molecule has 2 aliphatic rings. The maximum Gasteiger partial charge on any atom is 0.321 e. The zero-order valence-corrected chi connectivity index (χ0v) is 18.6. The Labute approximate surface area is 181 Å². The number of carbonyl (C=O) groups excluding carboxylic acids is 1. The average Bonchev–Trinajstić information content (AvgIpc) is 2.75. The lowest BCUT2D eigenvalue weighted by Crippen LogP contribution is -2.55. The van der Waals surface area contributed by atoms with Crippen LogP contribution in [0, 0.1) is 0 Å². The summed E-state index contributed by atoms with van der Waals surface area (Å²) in [6, 6.07) is 6.01. The number of anilines is 1. The Morgan fingerprint density at radius 2 is 1.77 bits per heavy atom. The summed E-state index contributed by atoms with van der Waals surface area (Å²) in [7, 11) is -1.93. The average molecular weight is 463 g/mol. The van der Waals surface area contributed by atoms with Gasteiger partial charge in [0.05, 0.1) is 5.69 Å². The molecule has 1 aliphatic heterocycles. The molecule has 1 saturated heterocycles. The zero-order valence-electron chi connectivity index (χ0n) is 17.0. The minimum absolute atomic E-state index is 0.0360. The number of hydrogen-bond acceptors (Lipinski definition) is 4. The monoisotopic (exact) mass is 462 g/mol. The third kappa shape index (κ3) is 5.63. The quantitative estimate of drug-likeness (QED) is 0.655. The molecular formula is C19H28F2N4O3S2. The highest BCUT2D eigenvalue weighted by Gasteiger charge is 2.35. The number of nitrogens with one attached hydrogen (secondary N) is 1. The molecule has 1 heterocycles. The maximum absolute atomic E-state index is 13.0. The molecule has 30 heavy (non-hydrogen) atoms. The number of hydrogen-bond donors (Lipinski definition) is 1. The Morgan fingerprint density at radius 1 is 1.13 bits per heavy atom. The first-order valence-electron chi connectivity index (χ1n) is 10.1. The smallest absolute Gasteiger partial charge is 0.321 e. The summed E-state index contributed by atoms with van der Waals surface area (Å²) in [6.07, 6.45) is 5.01. The second-order valence-corrected chi connectivity index (χ2v) is 10.5. The van der Waals surface area contributed by atoms with E-state index in [1.54, 1.807) is 25.2 Å². The molecular weight excluding hydrogens is 434 g/mol. The van der Waals surface area contributed by atoms with Gasteiger partial charge in [-0.2, -0.15) is 25.8 Å². The number of rotatable bonds is 6. The molecule has 7 nitrogen and oxygen atoms in total. The molecule has 1 saturated carbocycles. The van der Waals surface area contributed by atoms with Crippen molar-refractivity contribution in [1.82, 2.24) is 13.5 Å². The van der Waals surface area contributed by atoms with Crippen LogP contribution in [0.15, 0.2) is 29.2 Å². The fraction of sp³-hybridized carbons (Fsp3) is 0.632. The van der Waals surface area contributed by atoms with Crippen molar-refractivity contribution in [3.05, 3.63) is 24.3 Å². The summed E-state index contributed by atoms with van der Waals surface area (Å²) in [6.45, 7) is 0.905. The van der Waals surface area contributed by atoms with Gasteiger partial charge >= 0.3 is 6.03 Å². The van der Waals surface area contributed by atoms with Gasteiger partial charge in [-0.3, -0.25) is 0 Å². The summed E-state index contributed by atoms with van der Waals surface area (Å²) >= 11 is 0.374. The number of carbonyl (C=O) groups is 1. The van der Waals surface area contributed by atoms with Crippen molar-refractivity contribution in [2.45, 2.75) is 48.8 Å². The van der Waals surface area contributed by atoms with E-state index in [1.807, 2.05) is 0 Å². The number of urea groups is 1. The van der Waals surface area contributed by atoms with Crippen molar-refractivity contribution in [1.29, 1.82) is 0 Å². The molecule has 1 aromatic rings. The van der Waals surface area contributed by atoms with Crippen molar-refractivity contribution in [2.75, 3.05) is 38.5 Å². The Bertz CT molecular complexity index is 827. The molecule has 0 aromatic heterocycles. The van der Waals surface area contributed by atoms with Crippen LogP contribution >= 0.6 is 11.8 Å². The molecule has 2 fully saturated rings. The SMILES string of the molecule is CN(C1CCCCC1)S(=O)(=O)N1CCN(C(=O)Nc2ccccc2SC(F)F)CC1. The van der Waals surface area contributed by atoms with Crippen molar-refractivity contribution in [3.8, 4) is 0 Å². The Balaban J connectivity index is 1.57. The first-order chi connectivity index (χ1) is 14.3. The van der Waals surface area contributed by atoms with Gasteiger partial charge < -0.3 is 10.2 Å². The van der Waals surface area contributed by atoms with Crippen molar-refractivity contribution in [2.24, 2.45) is 0 Å². The van der Waals surface area contributed by atoms with Gasteiger partial charge in [-0.15, -0.1) is 0 Å². The second kappa shape index (κ2) is 10.3. The molecule has 0 bridgehead atoms. The van der Waals surface area contributed by atoms with Crippen molar-refractivity contribution < 1.29 is 22.0 Å². The predicted molar refractivity (Wildman–Crippen MR) is 114 cm³/mol. The van der Waals surface area contributed by atoms with Gasteiger partial charge in [0.1, 0.15) is 0 Å². The van der Waals surface area contributed by atoms with E-state index in [-0.39, 0.29) is 37.1 Å². The van der Waals surface area contributed by atoms with Gasteiger partial charge in [0, 0.05) is 44.2 Å². The summed E-state index contributed by atoms with van der Waals surface area (Å²) in [5, 5.41) is 2.67. The van der Waals surface area contributed by atoms with Gasteiger partial charge in [0.2, 0.25) is 0 Å². The zero-order chi connectivity index (χ0) is 21.7. The van der Waals surface area contributed by atoms with Crippen LogP contribution in [0.5, 0.6) is 0 Å². The molecule has 0 unspecified atom stereocenters. The van der Waals surface area contributed by atoms with Gasteiger partial charge in [-0.25, -0.2) is 4.79 Å². The van der Waals surface area contributed by atoms with Crippen LogP contribution in [0.3, 0.4) is 0 Å². The van der Waals surface area contributed by atoms with E-state index in [2.05, 4.69) is 5.32 Å². The van der Waals surface area contributed by atoms with E-state index in [0.29, 0.717) is 17.4 Å². The standard InChI is InChI=1S/C19H28F2N4O3S2/c1-23(15-7-3-2-4-8-15)30(27,28)25-13-11-24(12-14-25)19(26)22-16-9-5-6-10-17(16)29-18(20)21/h5-6,9-10,15,18H,2-4,7-8,11-14H2,1H3,(H,22,26). The third-order valence-corrected chi connectivity index (χ3v) is 8.48. The van der Waals surface area contributed by atoms with Gasteiger partial charge in [0.15, 0.2) is 0 Å². The van der Waals surface area contributed by atoms with Crippen LogP contribution in [0.25, 0.3) is 0 Å². The third-order valence-electron chi connectivity index (χ3n) is 5.65. The largest absolute Gasteiger partial charge is 0.322 e. The molecule has 0 atom stereocenters. The number of nitrogens with zero attached hydrogens (tertiary/aromatic N) is 3. The van der Waals surface area contributed by atoms with Gasteiger partial charge in [-0.05, 0) is 25.0 Å². The van der Waals surface area contributed by atoms with E-state index >= 15 is 0 Å². The first-order valence-corrected chi connectivity index (χ1v) is 12.4. The summed E-state index contributed by atoms with van der Waals surface area (Å²) in [5.74, 6) is -2.59. The molecule has 1 N–H and O–H groups in total. The van der Waals surface area contributed by atoms with Crippen LogP contribution in [-0.2, 0) is 10.2 Å². The fourth-order valence-corrected chi connectivity index (χ4v) is 6.07. The number of para-hydroxylation sites is 1. The van der Waals surface area contributed by atoms with Crippen LogP contribution in [-0.4, -0.2) is 73.0 Å². The number of halogens is 2. The van der Waals surface area contributed by atoms with Gasteiger partial charge in [0.25, 0.3) is 16.0 Å². The fourth-order valence-electron chi connectivity index (χ4n) is 3.90. The Morgan fingerprint density at radius 3 is 2.40 bits per heavy atom. The van der Waals surface area contributed by atoms with Crippen molar-refractivity contribution >= 4 is 33.7 Å². The van der Waals surface area contributed by atoms with Crippen molar-refractivity contribution in [3.63, 3.8) is 0 Å². The van der Waals surface area contributed by atoms with Crippen LogP contribution in [0.2, 0.25) is 0 Å². The molecule has 11 heteroatoms.